The zero-order chi connectivity index (χ0) is 25.2. The molecular formula is C33H30N2S. The summed E-state index contributed by atoms with van der Waals surface area (Å²) in [5, 5.41) is 5.16. The molecule has 36 heavy (non-hydrogen) atoms. The van der Waals surface area contributed by atoms with Crippen molar-refractivity contribution < 1.29 is 0 Å². The highest BCUT2D eigenvalue weighted by Gasteiger charge is 2.22. The zero-order valence-corrected chi connectivity index (χ0v) is 22.5. The number of fused-ring (bicyclic) bond motifs is 3. The van der Waals surface area contributed by atoms with Crippen molar-refractivity contribution in [1.29, 1.82) is 0 Å². The third-order valence-corrected chi connectivity index (χ3v) is 8.69. The molecule has 0 aliphatic carbocycles. The van der Waals surface area contributed by atoms with Gasteiger partial charge < -0.3 is 0 Å². The van der Waals surface area contributed by atoms with Crippen molar-refractivity contribution in [2.75, 3.05) is 0 Å². The molecule has 0 N–H and O–H groups in total. The summed E-state index contributed by atoms with van der Waals surface area (Å²) in [5.41, 5.74) is 9.79. The fourth-order valence-corrected chi connectivity index (χ4v) is 7.03. The van der Waals surface area contributed by atoms with E-state index in [-0.39, 0.29) is 5.41 Å². The summed E-state index contributed by atoms with van der Waals surface area (Å²) in [6.45, 7) is 13.5. The van der Waals surface area contributed by atoms with Gasteiger partial charge in [0.15, 0.2) is 0 Å². The summed E-state index contributed by atoms with van der Waals surface area (Å²) in [6, 6.07) is 24.3. The van der Waals surface area contributed by atoms with Gasteiger partial charge in [0.25, 0.3) is 0 Å². The fourth-order valence-electron chi connectivity index (χ4n) is 5.59. The zero-order valence-electron chi connectivity index (χ0n) is 21.7. The maximum atomic E-state index is 4.85. The van der Waals surface area contributed by atoms with Crippen LogP contribution in [0.15, 0.2) is 73.1 Å². The van der Waals surface area contributed by atoms with Gasteiger partial charge in [-0.05, 0) is 87.7 Å². The predicted octanol–water partition coefficient (Wildman–Crippen LogP) is 9.55. The molecule has 0 aliphatic rings. The van der Waals surface area contributed by atoms with E-state index in [9.17, 15) is 0 Å². The number of aryl methyl sites for hydroxylation is 3. The largest absolute Gasteiger partial charge is 0.235 e. The summed E-state index contributed by atoms with van der Waals surface area (Å²) in [5.74, 6) is 0. The van der Waals surface area contributed by atoms with Crippen LogP contribution in [0.1, 0.15) is 43.0 Å². The maximum absolute atomic E-state index is 4.85. The number of hydrogen-bond donors (Lipinski definition) is 0. The first-order valence-electron chi connectivity index (χ1n) is 12.5. The summed E-state index contributed by atoms with van der Waals surface area (Å²) in [6.07, 6.45) is 1.73. The van der Waals surface area contributed by atoms with Gasteiger partial charge in [0.2, 0.25) is 0 Å². The number of nitrogens with zero attached hydrogens (tertiary/aromatic N) is 2. The molecule has 0 radical (unpaired) electrons. The Morgan fingerprint density at radius 3 is 2.11 bits per heavy atom. The number of benzene rings is 4. The van der Waals surface area contributed by atoms with Crippen LogP contribution in [0.25, 0.3) is 53.5 Å². The van der Waals surface area contributed by atoms with Gasteiger partial charge in [-0.1, -0.05) is 75.4 Å². The molecule has 2 heterocycles. The first kappa shape index (κ1) is 22.9. The molecule has 6 rings (SSSR count). The smallest absolute Gasteiger partial charge is 0.116 e. The van der Waals surface area contributed by atoms with Gasteiger partial charge >= 0.3 is 0 Å². The van der Waals surface area contributed by atoms with Crippen LogP contribution in [0.4, 0.5) is 0 Å². The lowest BCUT2D eigenvalue weighted by atomic mass is 9.82. The van der Waals surface area contributed by atoms with Crippen LogP contribution < -0.4 is 0 Å². The summed E-state index contributed by atoms with van der Waals surface area (Å²) >= 11 is 1.83. The van der Waals surface area contributed by atoms with Crippen LogP contribution in [0.5, 0.6) is 0 Å². The lowest BCUT2D eigenvalue weighted by Gasteiger charge is -2.22. The Kier molecular flexibility index (Phi) is 5.24. The predicted molar refractivity (Wildman–Crippen MR) is 156 cm³/mol. The highest BCUT2D eigenvalue weighted by atomic mass is 32.1. The number of aromatic nitrogens is 2. The first-order chi connectivity index (χ1) is 17.2. The van der Waals surface area contributed by atoms with E-state index in [0.29, 0.717) is 0 Å². The minimum atomic E-state index is 0.0254. The van der Waals surface area contributed by atoms with Gasteiger partial charge in [-0.3, -0.25) is 0 Å². The molecular weight excluding hydrogens is 456 g/mol. The van der Waals surface area contributed by atoms with E-state index in [0.717, 1.165) is 21.5 Å². The quantitative estimate of drug-likeness (QED) is 0.243. The second-order valence-electron chi connectivity index (χ2n) is 10.9. The Morgan fingerprint density at radius 2 is 1.39 bits per heavy atom. The van der Waals surface area contributed by atoms with Gasteiger partial charge in [-0.25, -0.2) is 9.97 Å². The molecule has 0 aliphatic heterocycles. The van der Waals surface area contributed by atoms with E-state index in [2.05, 4.69) is 108 Å². The van der Waals surface area contributed by atoms with Crippen LogP contribution in [-0.4, -0.2) is 9.97 Å². The molecule has 0 saturated carbocycles. The topological polar surface area (TPSA) is 25.8 Å². The molecule has 0 saturated heterocycles. The normalized spacial score (nSPS) is 12.2. The molecule has 178 valence electrons. The third-order valence-electron chi connectivity index (χ3n) is 7.38. The Bertz CT molecular complexity index is 1800. The summed E-state index contributed by atoms with van der Waals surface area (Å²) in [7, 11) is 0. The molecule has 0 atom stereocenters. The van der Waals surface area contributed by atoms with Crippen LogP contribution in [-0.2, 0) is 5.41 Å². The molecule has 0 spiro atoms. The number of hydrogen-bond acceptors (Lipinski definition) is 3. The summed E-state index contributed by atoms with van der Waals surface area (Å²) < 4.78 is 1.16. The van der Waals surface area contributed by atoms with E-state index >= 15 is 0 Å². The van der Waals surface area contributed by atoms with E-state index in [1.165, 1.54) is 54.2 Å². The second-order valence-corrected chi connectivity index (χ2v) is 11.9. The first-order valence-corrected chi connectivity index (χ1v) is 13.3. The Morgan fingerprint density at radius 1 is 0.722 bits per heavy atom. The molecule has 2 aromatic heterocycles. The van der Waals surface area contributed by atoms with Crippen molar-refractivity contribution in [3.63, 3.8) is 0 Å². The molecule has 0 fully saturated rings. The van der Waals surface area contributed by atoms with Gasteiger partial charge in [-0.2, -0.15) is 0 Å². The van der Waals surface area contributed by atoms with E-state index in [1.807, 2.05) is 11.3 Å². The lowest BCUT2D eigenvalue weighted by Crippen LogP contribution is -2.12. The third kappa shape index (κ3) is 3.53. The average molecular weight is 487 g/mol. The highest BCUT2D eigenvalue weighted by molar-refractivity contribution is 7.23. The van der Waals surface area contributed by atoms with Gasteiger partial charge in [0.05, 0.1) is 15.9 Å². The molecule has 0 amide bonds. The minimum Gasteiger partial charge on any atom is -0.235 e. The highest BCUT2D eigenvalue weighted by Crippen LogP contribution is 2.45. The molecule has 6 aromatic rings. The maximum Gasteiger partial charge on any atom is 0.116 e. The minimum absolute atomic E-state index is 0.0254. The van der Waals surface area contributed by atoms with E-state index in [4.69, 9.17) is 9.97 Å². The van der Waals surface area contributed by atoms with E-state index < -0.39 is 0 Å². The molecule has 4 aromatic carbocycles. The van der Waals surface area contributed by atoms with Gasteiger partial charge in [0, 0.05) is 10.4 Å². The summed E-state index contributed by atoms with van der Waals surface area (Å²) in [4.78, 5) is 10.9. The molecule has 2 nitrogen and oxygen atoms in total. The Hall–Kier alpha value is -3.56. The Labute approximate surface area is 216 Å². The number of thiophene rings is 1. The molecule has 0 bridgehead atoms. The van der Waals surface area contributed by atoms with Gasteiger partial charge in [-0.15, -0.1) is 11.3 Å². The second kappa shape index (κ2) is 8.25. The fraction of sp³-hybridized carbons (Fsp3) is 0.212. The van der Waals surface area contributed by atoms with Crippen molar-refractivity contribution in [1.82, 2.24) is 9.97 Å². The van der Waals surface area contributed by atoms with Crippen molar-refractivity contribution >= 4 is 43.1 Å². The van der Waals surface area contributed by atoms with Crippen molar-refractivity contribution in [3.8, 4) is 21.7 Å². The van der Waals surface area contributed by atoms with Crippen LogP contribution in [0, 0.1) is 20.8 Å². The van der Waals surface area contributed by atoms with Crippen LogP contribution in [0.2, 0.25) is 0 Å². The average Bonchev–Trinajstić information content (AvgIpc) is 3.19. The van der Waals surface area contributed by atoms with Crippen molar-refractivity contribution in [2.24, 2.45) is 0 Å². The van der Waals surface area contributed by atoms with E-state index in [1.54, 1.807) is 6.33 Å². The monoisotopic (exact) mass is 486 g/mol. The standard InChI is InChI=1S/C33H30N2S/c1-19-15-22-11-7-9-13-25(22)20(2)28(19)31-21(3)29-32(36-31)30(35-18-34-29)24-16-23-12-8-10-14-26(23)27(17-24)33(4,5)6/h7-18H,1-6H3. The van der Waals surface area contributed by atoms with Crippen molar-refractivity contribution in [3.05, 3.63) is 95.3 Å². The molecule has 0 unspecified atom stereocenters. The SMILES string of the molecule is Cc1cc2ccccc2c(C)c1-c1sc2c(-c3cc(C(C)(C)C)c4ccccc4c3)ncnc2c1C. The number of rotatable bonds is 2. The Balaban J connectivity index is 1.63. The lowest BCUT2D eigenvalue weighted by molar-refractivity contribution is 0.596. The van der Waals surface area contributed by atoms with Crippen LogP contribution >= 0.6 is 11.3 Å². The molecule has 3 heteroatoms. The van der Waals surface area contributed by atoms with Crippen LogP contribution in [0.3, 0.4) is 0 Å². The van der Waals surface area contributed by atoms with Crippen molar-refractivity contribution in [2.45, 2.75) is 47.0 Å². The van der Waals surface area contributed by atoms with Gasteiger partial charge in [0.1, 0.15) is 6.33 Å².